The highest BCUT2D eigenvalue weighted by molar-refractivity contribution is 7.99. The lowest BCUT2D eigenvalue weighted by Gasteiger charge is -2.17. The summed E-state index contributed by atoms with van der Waals surface area (Å²) < 4.78 is 2.40. The first kappa shape index (κ1) is 12.5. The standard InChI is InChI=1S/C13H22N4S/c1-3-11(14)8(2)18-13-16-15-12(9-4-5-9)17(13)10-6-7-10/h8-11H,3-7,14H2,1-2H3. The molecule has 0 bridgehead atoms. The van der Waals surface area contributed by atoms with Crippen molar-refractivity contribution in [2.75, 3.05) is 0 Å². The molecule has 0 amide bonds. The van der Waals surface area contributed by atoms with E-state index in [1.54, 1.807) is 11.8 Å². The van der Waals surface area contributed by atoms with Gasteiger partial charge in [0.25, 0.3) is 0 Å². The van der Waals surface area contributed by atoms with Crippen molar-refractivity contribution in [3.8, 4) is 0 Å². The average molecular weight is 266 g/mol. The lowest BCUT2D eigenvalue weighted by molar-refractivity contribution is 0.613. The fraction of sp³-hybridized carbons (Fsp3) is 0.846. The molecule has 1 heterocycles. The predicted molar refractivity (Wildman–Crippen MR) is 73.9 cm³/mol. The Kier molecular flexibility index (Phi) is 3.36. The normalized spacial score (nSPS) is 23.1. The van der Waals surface area contributed by atoms with Crippen LogP contribution in [0.1, 0.15) is 63.7 Å². The second-order valence-corrected chi connectivity index (χ2v) is 6.96. The molecule has 3 rings (SSSR count). The van der Waals surface area contributed by atoms with Gasteiger partial charge in [-0.1, -0.05) is 25.6 Å². The van der Waals surface area contributed by atoms with Gasteiger partial charge in [-0.05, 0) is 32.1 Å². The van der Waals surface area contributed by atoms with E-state index in [2.05, 4.69) is 28.6 Å². The first-order chi connectivity index (χ1) is 8.70. The van der Waals surface area contributed by atoms with Gasteiger partial charge in [-0.15, -0.1) is 10.2 Å². The van der Waals surface area contributed by atoms with Crippen LogP contribution in [-0.4, -0.2) is 26.1 Å². The third kappa shape index (κ3) is 2.43. The summed E-state index contributed by atoms with van der Waals surface area (Å²) in [5, 5.41) is 10.3. The van der Waals surface area contributed by atoms with Gasteiger partial charge in [-0.3, -0.25) is 0 Å². The summed E-state index contributed by atoms with van der Waals surface area (Å²) in [5.74, 6) is 1.92. The Morgan fingerprint density at radius 1 is 1.33 bits per heavy atom. The van der Waals surface area contributed by atoms with Crippen LogP contribution >= 0.6 is 11.8 Å². The Bertz CT molecular complexity index is 423. The van der Waals surface area contributed by atoms with E-state index in [0.29, 0.717) is 17.2 Å². The van der Waals surface area contributed by atoms with Crippen LogP contribution in [0.15, 0.2) is 5.16 Å². The molecular formula is C13H22N4S. The number of thioether (sulfide) groups is 1. The highest BCUT2D eigenvalue weighted by atomic mass is 32.2. The third-order valence-corrected chi connectivity index (χ3v) is 5.12. The average Bonchev–Trinajstić information content (AvgIpc) is 3.27. The van der Waals surface area contributed by atoms with E-state index in [1.807, 2.05) is 0 Å². The van der Waals surface area contributed by atoms with Crippen LogP contribution in [0, 0.1) is 0 Å². The predicted octanol–water partition coefficient (Wildman–Crippen LogP) is 2.71. The number of nitrogens with two attached hydrogens (primary N) is 1. The first-order valence-electron chi connectivity index (χ1n) is 7.07. The molecule has 4 nitrogen and oxygen atoms in total. The topological polar surface area (TPSA) is 56.7 Å². The van der Waals surface area contributed by atoms with Crippen LogP contribution < -0.4 is 5.73 Å². The summed E-state index contributed by atoms with van der Waals surface area (Å²) in [5.41, 5.74) is 6.11. The second-order valence-electron chi connectivity index (χ2n) is 5.61. The number of hydrogen-bond acceptors (Lipinski definition) is 4. The van der Waals surface area contributed by atoms with Crippen LogP contribution in [0.4, 0.5) is 0 Å². The summed E-state index contributed by atoms with van der Waals surface area (Å²) in [6.07, 6.45) is 6.18. The molecule has 0 spiro atoms. The quantitative estimate of drug-likeness (QED) is 0.804. The van der Waals surface area contributed by atoms with Gasteiger partial charge in [0.1, 0.15) is 5.82 Å². The zero-order chi connectivity index (χ0) is 12.7. The van der Waals surface area contributed by atoms with Gasteiger partial charge in [0.15, 0.2) is 5.16 Å². The van der Waals surface area contributed by atoms with Crippen molar-refractivity contribution in [3.63, 3.8) is 0 Å². The van der Waals surface area contributed by atoms with Crippen LogP contribution in [-0.2, 0) is 0 Å². The molecule has 1 aromatic rings. The fourth-order valence-electron chi connectivity index (χ4n) is 2.25. The molecule has 100 valence electrons. The lowest BCUT2D eigenvalue weighted by atomic mass is 10.2. The number of rotatable bonds is 6. The SMILES string of the molecule is CCC(N)C(C)Sc1nnc(C2CC2)n1C1CC1. The highest BCUT2D eigenvalue weighted by Crippen LogP contribution is 2.46. The summed E-state index contributed by atoms with van der Waals surface area (Å²) >= 11 is 1.80. The molecule has 2 atom stereocenters. The Labute approximate surface area is 113 Å². The van der Waals surface area contributed by atoms with Gasteiger partial charge in [0.2, 0.25) is 0 Å². The van der Waals surface area contributed by atoms with E-state index >= 15 is 0 Å². The third-order valence-electron chi connectivity index (χ3n) is 3.91. The van der Waals surface area contributed by atoms with E-state index < -0.39 is 0 Å². The molecule has 1 aromatic heterocycles. The largest absolute Gasteiger partial charge is 0.327 e. The van der Waals surface area contributed by atoms with Crippen LogP contribution in [0.25, 0.3) is 0 Å². The van der Waals surface area contributed by atoms with Gasteiger partial charge < -0.3 is 10.3 Å². The van der Waals surface area contributed by atoms with Crippen molar-refractivity contribution in [2.24, 2.45) is 5.73 Å². The Balaban J connectivity index is 1.78. The molecule has 2 saturated carbocycles. The van der Waals surface area contributed by atoms with E-state index in [0.717, 1.165) is 11.6 Å². The maximum Gasteiger partial charge on any atom is 0.191 e. The molecule has 0 saturated heterocycles. The van der Waals surface area contributed by atoms with Crippen molar-refractivity contribution < 1.29 is 0 Å². The minimum absolute atomic E-state index is 0.240. The van der Waals surface area contributed by atoms with Gasteiger partial charge in [0, 0.05) is 23.3 Å². The maximum atomic E-state index is 6.11. The molecule has 5 heteroatoms. The summed E-state index contributed by atoms with van der Waals surface area (Å²) in [6, 6.07) is 0.909. The fourth-order valence-corrected chi connectivity index (χ4v) is 3.39. The Morgan fingerprint density at radius 3 is 2.61 bits per heavy atom. The van der Waals surface area contributed by atoms with Crippen LogP contribution in [0.2, 0.25) is 0 Å². The number of nitrogens with zero attached hydrogens (tertiary/aromatic N) is 3. The van der Waals surface area contributed by atoms with Crippen LogP contribution in [0.3, 0.4) is 0 Å². The molecule has 2 fully saturated rings. The van der Waals surface area contributed by atoms with E-state index in [4.69, 9.17) is 5.73 Å². The molecule has 2 N–H and O–H groups in total. The maximum absolute atomic E-state index is 6.11. The Hall–Kier alpha value is -0.550. The zero-order valence-electron chi connectivity index (χ0n) is 11.2. The van der Waals surface area contributed by atoms with E-state index in [-0.39, 0.29) is 6.04 Å². The van der Waals surface area contributed by atoms with Crippen molar-refractivity contribution in [3.05, 3.63) is 5.82 Å². The van der Waals surface area contributed by atoms with Gasteiger partial charge in [-0.2, -0.15) is 0 Å². The summed E-state index contributed by atoms with van der Waals surface area (Å²) in [7, 11) is 0. The van der Waals surface area contributed by atoms with Gasteiger partial charge in [0.05, 0.1) is 0 Å². The van der Waals surface area contributed by atoms with Crippen molar-refractivity contribution in [1.29, 1.82) is 0 Å². The molecule has 0 radical (unpaired) electrons. The van der Waals surface area contributed by atoms with Gasteiger partial charge in [-0.25, -0.2) is 0 Å². The minimum atomic E-state index is 0.240. The molecule has 18 heavy (non-hydrogen) atoms. The summed E-state index contributed by atoms with van der Waals surface area (Å²) in [6.45, 7) is 4.34. The minimum Gasteiger partial charge on any atom is -0.327 e. The molecule has 0 aliphatic heterocycles. The molecular weight excluding hydrogens is 244 g/mol. The highest BCUT2D eigenvalue weighted by Gasteiger charge is 2.36. The summed E-state index contributed by atoms with van der Waals surface area (Å²) in [4.78, 5) is 0. The molecule has 2 aliphatic rings. The monoisotopic (exact) mass is 266 g/mol. The Morgan fingerprint density at radius 2 is 2.06 bits per heavy atom. The molecule has 2 unspecified atom stereocenters. The number of aromatic nitrogens is 3. The van der Waals surface area contributed by atoms with Crippen LogP contribution in [0.5, 0.6) is 0 Å². The first-order valence-corrected chi connectivity index (χ1v) is 7.95. The molecule has 2 aliphatic carbocycles. The van der Waals surface area contributed by atoms with Crippen molar-refractivity contribution in [2.45, 2.75) is 74.4 Å². The van der Waals surface area contributed by atoms with E-state index in [9.17, 15) is 0 Å². The van der Waals surface area contributed by atoms with Crippen molar-refractivity contribution >= 4 is 11.8 Å². The smallest absolute Gasteiger partial charge is 0.191 e. The van der Waals surface area contributed by atoms with Gasteiger partial charge >= 0.3 is 0 Å². The van der Waals surface area contributed by atoms with Crippen molar-refractivity contribution in [1.82, 2.24) is 14.8 Å². The molecule has 0 aromatic carbocycles. The van der Waals surface area contributed by atoms with E-state index in [1.165, 1.54) is 31.5 Å². The second kappa shape index (κ2) is 4.85. The lowest BCUT2D eigenvalue weighted by Crippen LogP contribution is -2.29. The zero-order valence-corrected chi connectivity index (χ0v) is 12.0. The number of hydrogen-bond donors (Lipinski definition) is 1.